The van der Waals surface area contributed by atoms with Crippen molar-refractivity contribution < 1.29 is 19.4 Å². The lowest BCUT2D eigenvalue weighted by Crippen LogP contribution is -2.50. The summed E-state index contributed by atoms with van der Waals surface area (Å²) in [6, 6.07) is 15.2. The maximum absolute atomic E-state index is 12.7. The number of para-hydroxylation sites is 1. The maximum Gasteiger partial charge on any atom is 0.328 e. The smallest absolute Gasteiger partial charge is 0.328 e. The molecule has 1 heterocycles. The molecule has 0 saturated carbocycles. The number of methoxy groups -OCH3 is 1. The molecule has 1 saturated heterocycles. The summed E-state index contributed by atoms with van der Waals surface area (Å²) in [4.78, 5) is 27.3. The predicted molar refractivity (Wildman–Crippen MR) is 104 cm³/mol. The number of ether oxygens (including phenoxy) is 1. The third kappa shape index (κ3) is 4.74. The summed E-state index contributed by atoms with van der Waals surface area (Å²) in [6.45, 7) is 2.33. The van der Waals surface area contributed by atoms with Crippen LogP contribution in [-0.2, 0) is 16.1 Å². The Morgan fingerprint density at radius 1 is 1.15 bits per heavy atom. The Hall–Kier alpha value is -3.12. The van der Waals surface area contributed by atoms with Gasteiger partial charge in [0, 0.05) is 25.7 Å². The SMILES string of the molecule is COc1ccc(CN2CCN(c3ccccc3C=CC(=O)O)C(=O)C2)cc1. The zero-order valence-electron chi connectivity index (χ0n) is 15.2. The molecule has 2 aromatic carbocycles. The fourth-order valence-corrected chi connectivity index (χ4v) is 3.14. The number of aliphatic carboxylic acids is 1. The first-order valence-corrected chi connectivity index (χ1v) is 8.72. The lowest BCUT2D eigenvalue weighted by atomic mass is 10.1. The number of nitrogens with zero attached hydrogens (tertiary/aromatic N) is 2. The van der Waals surface area contributed by atoms with Crippen LogP contribution in [0, 0.1) is 0 Å². The number of anilines is 1. The van der Waals surface area contributed by atoms with E-state index in [0.717, 1.165) is 35.2 Å². The van der Waals surface area contributed by atoms with Crippen LogP contribution in [0.3, 0.4) is 0 Å². The molecule has 1 N–H and O–H groups in total. The summed E-state index contributed by atoms with van der Waals surface area (Å²) >= 11 is 0. The Morgan fingerprint density at radius 2 is 1.89 bits per heavy atom. The number of amides is 1. The normalized spacial score (nSPS) is 15.3. The lowest BCUT2D eigenvalue weighted by molar-refractivity contribution is -0.131. The number of benzene rings is 2. The van der Waals surface area contributed by atoms with Crippen LogP contribution in [0.5, 0.6) is 5.75 Å². The Bertz CT molecular complexity index is 846. The standard InChI is InChI=1S/C21H22N2O4/c1-27-18-9-6-16(7-10-18)14-22-12-13-23(20(24)15-22)19-5-3-2-4-17(19)8-11-21(25)26/h2-11H,12-15H2,1H3,(H,25,26). The largest absolute Gasteiger partial charge is 0.497 e. The third-order valence-electron chi connectivity index (χ3n) is 4.50. The molecule has 0 unspecified atom stereocenters. The van der Waals surface area contributed by atoms with Crippen LogP contribution < -0.4 is 9.64 Å². The highest BCUT2D eigenvalue weighted by atomic mass is 16.5. The minimum atomic E-state index is -1.01. The van der Waals surface area contributed by atoms with E-state index in [1.54, 1.807) is 12.0 Å². The van der Waals surface area contributed by atoms with Gasteiger partial charge in [-0.3, -0.25) is 9.69 Å². The van der Waals surface area contributed by atoms with Gasteiger partial charge in [0.05, 0.1) is 19.3 Å². The molecule has 0 aliphatic carbocycles. The van der Waals surface area contributed by atoms with E-state index in [0.29, 0.717) is 19.6 Å². The lowest BCUT2D eigenvalue weighted by Gasteiger charge is -2.35. The zero-order chi connectivity index (χ0) is 19.2. The first-order valence-electron chi connectivity index (χ1n) is 8.72. The molecule has 3 rings (SSSR count). The van der Waals surface area contributed by atoms with Crippen molar-refractivity contribution in [1.82, 2.24) is 4.90 Å². The van der Waals surface area contributed by atoms with Gasteiger partial charge in [-0.1, -0.05) is 30.3 Å². The number of rotatable bonds is 6. The van der Waals surface area contributed by atoms with E-state index in [9.17, 15) is 9.59 Å². The molecule has 27 heavy (non-hydrogen) atoms. The van der Waals surface area contributed by atoms with Crippen molar-refractivity contribution in [3.63, 3.8) is 0 Å². The number of carbonyl (C=O) groups is 2. The van der Waals surface area contributed by atoms with Gasteiger partial charge in [0.1, 0.15) is 5.75 Å². The van der Waals surface area contributed by atoms with Gasteiger partial charge in [0.15, 0.2) is 0 Å². The summed E-state index contributed by atoms with van der Waals surface area (Å²) in [5.74, 6) is -0.197. The van der Waals surface area contributed by atoms with Crippen LogP contribution >= 0.6 is 0 Å². The second kappa shape index (κ2) is 8.51. The fourth-order valence-electron chi connectivity index (χ4n) is 3.14. The molecule has 1 aliphatic heterocycles. The average Bonchev–Trinajstić information content (AvgIpc) is 2.67. The second-order valence-corrected chi connectivity index (χ2v) is 6.33. The summed E-state index contributed by atoms with van der Waals surface area (Å²) in [6.07, 6.45) is 2.61. The van der Waals surface area contributed by atoms with Crippen LogP contribution in [0.1, 0.15) is 11.1 Å². The molecule has 140 valence electrons. The van der Waals surface area contributed by atoms with Crippen LogP contribution in [0.4, 0.5) is 5.69 Å². The van der Waals surface area contributed by atoms with Crippen LogP contribution in [0.15, 0.2) is 54.6 Å². The Balaban J connectivity index is 1.68. The highest BCUT2D eigenvalue weighted by molar-refractivity contribution is 5.98. The molecule has 6 nitrogen and oxygen atoms in total. The molecule has 0 bridgehead atoms. The summed E-state index contributed by atoms with van der Waals surface area (Å²) in [7, 11) is 1.64. The Morgan fingerprint density at radius 3 is 2.56 bits per heavy atom. The molecule has 0 spiro atoms. The third-order valence-corrected chi connectivity index (χ3v) is 4.50. The van der Waals surface area contributed by atoms with Gasteiger partial charge in [-0.2, -0.15) is 0 Å². The number of piperazine rings is 1. The molecule has 0 atom stereocenters. The van der Waals surface area contributed by atoms with Gasteiger partial charge in [0.25, 0.3) is 0 Å². The average molecular weight is 366 g/mol. The first kappa shape index (κ1) is 18.7. The van der Waals surface area contributed by atoms with Crippen molar-refractivity contribution in [3.8, 4) is 5.75 Å². The van der Waals surface area contributed by atoms with E-state index in [1.807, 2.05) is 48.5 Å². The van der Waals surface area contributed by atoms with Crippen LogP contribution in [0.2, 0.25) is 0 Å². The predicted octanol–water partition coefficient (Wildman–Crippen LogP) is 2.64. The van der Waals surface area contributed by atoms with E-state index >= 15 is 0 Å². The fraction of sp³-hybridized carbons (Fsp3) is 0.238. The van der Waals surface area contributed by atoms with E-state index < -0.39 is 5.97 Å². The van der Waals surface area contributed by atoms with E-state index in [2.05, 4.69) is 4.90 Å². The second-order valence-electron chi connectivity index (χ2n) is 6.33. The molecule has 2 aromatic rings. The molecule has 6 heteroatoms. The summed E-state index contributed by atoms with van der Waals surface area (Å²) in [5, 5.41) is 8.85. The monoisotopic (exact) mass is 366 g/mol. The Kier molecular flexibility index (Phi) is 5.88. The summed E-state index contributed by atoms with van der Waals surface area (Å²) < 4.78 is 5.17. The van der Waals surface area contributed by atoms with Gasteiger partial charge in [-0.15, -0.1) is 0 Å². The van der Waals surface area contributed by atoms with Crippen LogP contribution in [0.25, 0.3) is 6.08 Å². The number of hydrogen-bond donors (Lipinski definition) is 1. The number of carboxylic acid groups (broad SMARTS) is 1. The molecule has 1 fully saturated rings. The summed E-state index contributed by atoms with van der Waals surface area (Å²) in [5.41, 5.74) is 2.59. The van der Waals surface area contributed by atoms with Gasteiger partial charge < -0.3 is 14.7 Å². The molecule has 0 aromatic heterocycles. The Labute approximate surface area is 158 Å². The molecular formula is C21H22N2O4. The van der Waals surface area contributed by atoms with Crippen molar-refractivity contribution in [2.24, 2.45) is 0 Å². The highest BCUT2D eigenvalue weighted by Crippen LogP contribution is 2.24. The van der Waals surface area contributed by atoms with Gasteiger partial charge >= 0.3 is 5.97 Å². The van der Waals surface area contributed by atoms with Gasteiger partial charge in [-0.05, 0) is 35.4 Å². The molecule has 0 radical (unpaired) electrons. The van der Waals surface area contributed by atoms with E-state index in [1.165, 1.54) is 6.08 Å². The van der Waals surface area contributed by atoms with Crippen molar-refractivity contribution in [1.29, 1.82) is 0 Å². The topological polar surface area (TPSA) is 70.1 Å². The maximum atomic E-state index is 12.7. The first-order chi connectivity index (χ1) is 13.1. The molecule has 1 aliphatic rings. The number of carboxylic acids is 1. The van der Waals surface area contributed by atoms with Gasteiger partial charge in [-0.25, -0.2) is 4.79 Å². The van der Waals surface area contributed by atoms with E-state index in [4.69, 9.17) is 9.84 Å². The van der Waals surface area contributed by atoms with Crippen molar-refractivity contribution >= 4 is 23.6 Å². The minimum Gasteiger partial charge on any atom is -0.497 e. The number of carbonyl (C=O) groups excluding carboxylic acids is 1. The quantitative estimate of drug-likeness (QED) is 0.796. The van der Waals surface area contributed by atoms with E-state index in [-0.39, 0.29) is 5.91 Å². The van der Waals surface area contributed by atoms with Crippen molar-refractivity contribution in [3.05, 3.63) is 65.7 Å². The number of hydrogen-bond acceptors (Lipinski definition) is 4. The molecular weight excluding hydrogens is 344 g/mol. The highest BCUT2D eigenvalue weighted by Gasteiger charge is 2.26. The zero-order valence-corrected chi connectivity index (χ0v) is 15.2. The minimum absolute atomic E-state index is 0.00550. The van der Waals surface area contributed by atoms with Gasteiger partial charge in [0.2, 0.25) is 5.91 Å². The van der Waals surface area contributed by atoms with Crippen molar-refractivity contribution in [2.75, 3.05) is 31.6 Å². The van der Waals surface area contributed by atoms with Crippen molar-refractivity contribution in [2.45, 2.75) is 6.54 Å². The van der Waals surface area contributed by atoms with Crippen LogP contribution in [-0.4, -0.2) is 48.6 Å². The molecule has 1 amide bonds.